The summed E-state index contributed by atoms with van der Waals surface area (Å²) in [5.74, 6) is -0.0581. The molecular weight excluding hydrogens is 372 g/mol. The van der Waals surface area contributed by atoms with Gasteiger partial charge in [-0.1, -0.05) is 17.3 Å². The molecule has 0 radical (unpaired) electrons. The molecule has 0 aliphatic carbocycles. The summed E-state index contributed by atoms with van der Waals surface area (Å²) < 4.78 is 38.5. The Morgan fingerprint density at radius 1 is 1.22 bits per heavy atom. The highest BCUT2D eigenvalue weighted by atomic mass is 32.2. The fourth-order valence-corrected chi connectivity index (χ4v) is 3.70. The molecule has 2 aromatic carbocycles. The van der Waals surface area contributed by atoms with E-state index in [4.69, 9.17) is 15.0 Å². The lowest BCUT2D eigenvalue weighted by Gasteiger charge is -2.14. The highest BCUT2D eigenvalue weighted by Crippen LogP contribution is 2.31. The predicted molar refractivity (Wildman–Crippen MR) is 96.8 cm³/mol. The fraction of sp³-hybridized carbons (Fsp3) is 0.118. The smallest absolute Gasteiger partial charge is 0.265 e. The molecule has 3 aromatic rings. The van der Waals surface area contributed by atoms with Gasteiger partial charge in [-0.05, 0) is 37.3 Å². The first-order valence-electron chi connectivity index (χ1n) is 7.72. The number of primary amides is 1. The maximum Gasteiger partial charge on any atom is 0.265 e. The predicted octanol–water partition coefficient (Wildman–Crippen LogP) is 1.95. The molecule has 3 rings (SSSR count). The van der Waals surface area contributed by atoms with Gasteiger partial charge in [0, 0.05) is 5.56 Å². The topological polar surface area (TPSA) is 137 Å². The Hall–Kier alpha value is -3.40. The quantitative estimate of drug-likeness (QED) is 0.658. The molecule has 0 unspecified atom stereocenters. The van der Waals surface area contributed by atoms with Gasteiger partial charge in [0.05, 0.1) is 18.4 Å². The van der Waals surface area contributed by atoms with Crippen LogP contribution in [0.15, 0.2) is 51.9 Å². The molecule has 1 heterocycles. The number of aromatic nitrogens is 2. The number of carbonyl (C=O) groups excluding carboxylic acids is 1. The summed E-state index contributed by atoms with van der Waals surface area (Å²) in [5.41, 5.74) is 5.81. The van der Waals surface area contributed by atoms with E-state index in [0.717, 1.165) is 0 Å². The van der Waals surface area contributed by atoms with E-state index in [2.05, 4.69) is 14.9 Å². The number of benzene rings is 2. The van der Waals surface area contributed by atoms with Gasteiger partial charge in [-0.2, -0.15) is 4.98 Å². The van der Waals surface area contributed by atoms with Crippen LogP contribution in [0.1, 0.15) is 16.2 Å². The summed E-state index contributed by atoms with van der Waals surface area (Å²) in [5, 5.41) is 3.69. The highest BCUT2D eigenvalue weighted by Gasteiger charge is 2.23. The number of nitrogens with two attached hydrogens (primary N) is 1. The fourth-order valence-electron chi connectivity index (χ4n) is 2.42. The Kier molecular flexibility index (Phi) is 4.82. The van der Waals surface area contributed by atoms with Crippen molar-refractivity contribution >= 4 is 21.6 Å². The van der Waals surface area contributed by atoms with Crippen LogP contribution in [-0.2, 0) is 10.0 Å². The van der Waals surface area contributed by atoms with Gasteiger partial charge in [0.15, 0.2) is 5.82 Å². The minimum atomic E-state index is -4.11. The van der Waals surface area contributed by atoms with Crippen LogP contribution in [-0.4, -0.2) is 31.6 Å². The third-order valence-corrected chi connectivity index (χ3v) is 5.05. The van der Waals surface area contributed by atoms with E-state index in [9.17, 15) is 13.2 Å². The van der Waals surface area contributed by atoms with E-state index in [1.165, 1.54) is 31.4 Å². The zero-order valence-electron chi connectivity index (χ0n) is 14.5. The number of sulfonamides is 1. The van der Waals surface area contributed by atoms with Crippen LogP contribution < -0.4 is 15.2 Å². The maximum atomic E-state index is 12.9. The van der Waals surface area contributed by atoms with Crippen molar-refractivity contribution in [1.29, 1.82) is 0 Å². The molecule has 0 aliphatic rings. The van der Waals surface area contributed by atoms with Crippen molar-refractivity contribution in [3.63, 3.8) is 0 Å². The number of amides is 1. The lowest BCUT2D eigenvalue weighted by molar-refractivity contribution is 0.100. The molecular formula is C17H16N4O5S. The number of aryl methyl sites for hydroxylation is 1. The average molecular weight is 388 g/mol. The van der Waals surface area contributed by atoms with E-state index in [-0.39, 0.29) is 27.8 Å². The van der Waals surface area contributed by atoms with Crippen molar-refractivity contribution in [3.05, 3.63) is 53.9 Å². The van der Waals surface area contributed by atoms with Crippen LogP contribution in [0.3, 0.4) is 0 Å². The Bertz CT molecular complexity index is 1110. The largest absolute Gasteiger partial charge is 0.495 e. The van der Waals surface area contributed by atoms with Crippen LogP contribution in [0.4, 0.5) is 5.69 Å². The second kappa shape index (κ2) is 7.08. The van der Waals surface area contributed by atoms with Gasteiger partial charge in [-0.15, -0.1) is 0 Å². The number of rotatable bonds is 6. The van der Waals surface area contributed by atoms with E-state index >= 15 is 0 Å². The first-order chi connectivity index (χ1) is 12.8. The molecule has 9 nitrogen and oxygen atoms in total. The van der Waals surface area contributed by atoms with Crippen molar-refractivity contribution < 1.29 is 22.5 Å². The Morgan fingerprint density at radius 2 is 1.96 bits per heavy atom. The molecule has 1 amide bonds. The summed E-state index contributed by atoms with van der Waals surface area (Å²) in [6, 6.07) is 10.5. The molecule has 0 atom stereocenters. The van der Waals surface area contributed by atoms with Gasteiger partial charge in [0.25, 0.3) is 21.8 Å². The molecule has 140 valence electrons. The first kappa shape index (κ1) is 18.4. The molecule has 0 aliphatic heterocycles. The number of hydrogen-bond donors (Lipinski definition) is 2. The summed E-state index contributed by atoms with van der Waals surface area (Å²) in [7, 11) is -2.76. The molecule has 0 fully saturated rings. The number of ether oxygens (including phenoxy) is 1. The zero-order valence-corrected chi connectivity index (χ0v) is 15.3. The third kappa shape index (κ3) is 3.75. The second-order valence-electron chi connectivity index (χ2n) is 5.53. The highest BCUT2D eigenvalue weighted by molar-refractivity contribution is 7.92. The SMILES string of the molecule is COc1ccc(-c2nc(C)no2)cc1S(=O)(=O)Nc1ccccc1C(N)=O. The van der Waals surface area contributed by atoms with Gasteiger partial charge in [-0.25, -0.2) is 8.42 Å². The van der Waals surface area contributed by atoms with Crippen LogP contribution in [0, 0.1) is 6.92 Å². The number of nitrogens with zero attached hydrogens (tertiary/aromatic N) is 2. The van der Waals surface area contributed by atoms with Gasteiger partial charge in [0.1, 0.15) is 10.6 Å². The normalized spacial score (nSPS) is 11.2. The van der Waals surface area contributed by atoms with E-state index < -0.39 is 15.9 Å². The molecule has 0 bridgehead atoms. The number of carbonyl (C=O) groups is 1. The van der Waals surface area contributed by atoms with Crippen LogP contribution in [0.2, 0.25) is 0 Å². The maximum absolute atomic E-state index is 12.9. The minimum absolute atomic E-state index is 0.0451. The van der Waals surface area contributed by atoms with Crippen molar-refractivity contribution in [2.75, 3.05) is 11.8 Å². The molecule has 0 saturated carbocycles. The number of nitrogens with one attached hydrogen (secondary N) is 1. The Labute approximate surface area is 155 Å². The summed E-state index contributed by atoms with van der Waals surface area (Å²) in [4.78, 5) is 15.5. The van der Waals surface area contributed by atoms with Crippen LogP contribution in [0.25, 0.3) is 11.5 Å². The van der Waals surface area contributed by atoms with Gasteiger partial charge >= 0.3 is 0 Å². The third-order valence-electron chi connectivity index (χ3n) is 3.66. The van der Waals surface area contributed by atoms with Gasteiger partial charge < -0.3 is 15.0 Å². The Morgan fingerprint density at radius 3 is 2.59 bits per heavy atom. The number of methoxy groups -OCH3 is 1. The van der Waals surface area contributed by atoms with Crippen LogP contribution in [0.5, 0.6) is 5.75 Å². The van der Waals surface area contributed by atoms with Gasteiger partial charge in [0.2, 0.25) is 0 Å². The van der Waals surface area contributed by atoms with Crippen molar-refractivity contribution in [1.82, 2.24) is 10.1 Å². The molecule has 3 N–H and O–H groups in total. The van der Waals surface area contributed by atoms with Crippen molar-refractivity contribution in [2.45, 2.75) is 11.8 Å². The van der Waals surface area contributed by atoms with E-state index in [0.29, 0.717) is 11.4 Å². The average Bonchev–Trinajstić information content (AvgIpc) is 3.07. The summed E-state index contributed by atoms with van der Waals surface area (Å²) >= 11 is 0. The van der Waals surface area contributed by atoms with E-state index in [1.807, 2.05) is 0 Å². The standard InChI is InChI=1S/C17H16N4O5S/c1-10-19-17(26-20-10)11-7-8-14(25-2)15(9-11)27(23,24)21-13-6-4-3-5-12(13)16(18)22/h3-9,21H,1-2H3,(H2,18,22). The molecule has 0 spiro atoms. The lowest BCUT2D eigenvalue weighted by atomic mass is 10.2. The number of anilines is 1. The van der Waals surface area contributed by atoms with Crippen LogP contribution >= 0.6 is 0 Å². The number of hydrogen-bond acceptors (Lipinski definition) is 7. The molecule has 0 saturated heterocycles. The van der Waals surface area contributed by atoms with E-state index in [1.54, 1.807) is 25.1 Å². The minimum Gasteiger partial charge on any atom is -0.495 e. The zero-order chi connectivity index (χ0) is 19.6. The Balaban J connectivity index is 2.07. The first-order valence-corrected chi connectivity index (χ1v) is 9.20. The summed E-state index contributed by atoms with van der Waals surface area (Å²) in [6.07, 6.45) is 0. The second-order valence-corrected chi connectivity index (χ2v) is 7.18. The number of para-hydroxylation sites is 1. The molecule has 1 aromatic heterocycles. The molecule has 10 heteroatoms. The lowest BCUT2D eigenvalue weighted by Crippen LogP contribution is -2.19. The molecule has 27 heavy (non-hydrogen) atoms. The van der Waals surface area contributed by atoms with Crippen molar-refractivity contribution in [3.8, 4) is 17.2 Å². The van der Waals surface area contributed by atoms with Crippen molar-refractivity contribution in [2.24, 2.45) is 5.73 Å². The summed E-state index contributed by atoms with van der Waals surface area (Å²) in [6.45, 7) is 1.65. The monoisotopic (exact) mass is 388 g/mol. The van der Waals surface area contributed by atoms with Gasteiger partial charge in [-0.3, -0.25) is 9.52 Å².